The molecule has 3 aliphatic carbocycles. The Morgan fingerprint density at radius 2 is 1.44 bits per heavy atom. The van der Waals surface area contributed by atoms with Crippen molar-refractivity contribution in [2.45, 2.75) is 116 Å². The zero-order chi connectivity index (χ0) is 23.6. The van der Waals surface area contributed by atoms with Crippen LogP contribution in [0.15, 0.2) is 66.3 Å². The Kier molecular flexibility index (Phi) is 9.72. The Labute approximate surface area is 211 Å². The van der Waals surface area contributed by atoms with Crippen molar-refractivity contribution in [1.82, 2.24) is 0 Å². The average molecular weight is 459 g/mol. The first-order chi connectivity index (χ1) is 16.7. The molecular weight excluding hydrogens is 408 g/mol. The maximum absolute atomic E-state index is 2.69. The van der Waals surface area contributed by atoms with E-state index in [-0.39, 0.29) is 5.41 Å². The highest BCUT2D eigenvalue weighted by molar-refractivity contribution is 5.41. The molecule has 1 fully saturated rings. The fourth-order valence-corrected chi connectivity index (χ4v) is 7.12. The SMILES string of the molecule is CCCCCC[C@H]1CC[C@H](C2(C3=CCC(CCCC)CC3)C=CC(c3ccccc3)C=C2)CC1. The third-order valence-electron chi connectivity index (χ3n) is 9.37. The lowest BCUT2D eigenvalue weighted by molar-refractivity contribution is 0.189. The molecule has 0 amide bonds. The summed E-state index contributed by atoms with van der Waals surface area (Å²) in [5.74, 6) is 3.14. The van der Waals surface area contributed by atoms with E-state index < -0.39 is 0 Å². The summed E-state index contributed by atoms with van der Waals surface area (Å²) < 4.78 is 0. The van der Waals surface area contributed by atoms with Crippen LogP contribution < -0.4 is 0 Å². The van der Waals surface area contributed by atoms with E-state index in [9.17, 15) is 0 Å². The molecule has 0 aliphatic heterocycles. The highest BCUT2D eigenvalue weighted by Crippen LogP contribution is 2.53. The van der Waals surface area contributed by atoms with Gasteiger partial charge >= 0.3 is 0 Å². The van der Waals surface area contributed by atoms with Gasteiger partial charge in [-0.2, -0.15) is 0 Å². The number of unbranched alkanes of at least 4 members (excludes halogenated alkanes) is 4. The third-order valence-corrected chi connectivity index (χ3v) is 9.37. The number of rotatable bonds is 11. The molecule has 1 aromatic carbocycles. The summed E-state index contributed by atoms with van der Waals surface area (Å²) in [7, 11) is 0. The highest BCUT2D eigenvalue weighted by Gasteiger charge is 2.41. The van der Waals surface area contributed by atoms with Crippen molar-refractivity contribution in [2.75, 3.05) is 0 Å². The Morgan fingerprint density at radius 1 is 0.735 bits per heavy atom. The number of allylic oxidation sites excluding steroid dienone is 6. The fourth-order valence-electron chi connectivity index (χ4n) is 7.12. The van der Waals surface area contributed by atoms with Crippen LogP contribution in [-0.4, -0.2) is 0 Å². The van der Waals surface area contributed by atoms with Crippen molar-refractivity contribution in [3.8, 4) is 0 Å². The van der Waals surface area contributed by atoms with Crippen LogP contribution in [0.2, 0.25) is 0 Å². The first-order valence-electron chi connectivity index (χ1n) is 14.9. The molecule has 186 valence electrons. The van der Waals surface area contributed by atoms with Gasteiger partial charge in [0.25, 0.3) is 0 Å². The Hall–Kier alpha value is -1.56. The van der Waals surface area contributed by atoms with Gasteiger partial charge in [0.05, 0.1) is 0 Å². The van der Waals surface area contributed by atoms with Crippen LogP contribution in [0.25, 0.3) is 0 Å². The van der Waals surface area contributed by atoms with Gasteiger partial charge < -0.3 is 0 Å². The largest absolute Gasteiger partial charge is 0.0839 e. The van der Waals surface area contributed by atoms with Crippen molar-refractivity contribution in [3.05, 3.63) is 71.8 Å². The van der Waals surface area contributed by atoms with E-state index in [1.165, 1.54) is 102 Å². The summed E-state index contributed by atoms with van der Waals surface area (Å²) >= 11 is 0. The molecule has 0 bridgehead atoms. The molecule has 34 heavy (non-hydrogen) atoms. The van der Waals surface area contributed by atoms with Gasteiger partial charge in [0.15, 0.2) is 0 Å². The van der Waals surface area contributed by atoms with Crippen molar-refractivity contribution < 1.29 is 0 Å². The average Bonchev–Trinajstić information content (AvgIpc) is 2.91. The second-order valence-corrected chi connectivity index (χ2v) is 11.7. The summed E-state index contributed by atoms with van der Waals surface area (Å²) in [5, 5.41) is 0. The lowest BCUT2D eigenvalue weighted by atomic mass is 9.59. The molecule has 1 aromatic rings. The van der Waals surface area contributed by atoms with Gasteiger partial charge in [-0.05, 0) is 55.4 Å². The number of benzene rings is 1. The molecule has 0 heterocycles. The van der Waals surface area contributed by atoms with Crippen molar-refractivity contribution in [1.29, 1.82) is 0 Å². The number of hydrogen-bond donors (Lipinski definition) is 0. The fraction of sp³-hybridized carbons (Fsp3) is 0.647. The first-order valence-corrected chi connectivity index (χ1v) is 14.9. The first kappa shape index (κ1) is 25.5. The van der Waals surface area contributed by atoms with Crippen LogP contribution in [0.4, 0.5) is 0 Å². The zero-order valence-electron chi connectivity index (χ0n) is 22.2. The van der Waals surface area contributed by atoms with Gasteiger partial charge in [-0.3, -0.25) is 0 Å². The van der Waals surface area contributed by atoms with Crippen molar-refractivity contribution in [2.24, 2.45) is 23.2 Å². The minimum Gasteiger partial charge on any atom is -0.0839 e. The van der Waals surface area contributed by atoms with E-state index in [1.54, 1.807) is 5.57 Å². The minimum absolute atomic E-state index is 0.189. The second kappa shape index (κ2) is 12.9. The second-order valence-electron chi connectivity index (χ2n) is 11.7. The molecule has 1 atom stereocenters. The Balaban J connectivity index is 1.46. The standard InChI is InChI=1S/C34H50/c1-3-5-7-9-13-29-18-22-33(23-19-29)34(32-20-16-28(17-21-32)12-6-4-2)26-24-31(25-27-34)30-14-10-8-11-15-30/h8,10-11,14-15,20,24-29,31,33H,3-7,9,12-13,16-19,21-23H2,1-2H3/t28?,29-,31?,33-,34?. The van der Waals surface area contributed by atoms with Gasteiger partial charge in [0.1, 0.15) is 0 Å². The molecule has 3 aliphatic rings. The molecule has 0 aromatic heterocycles. The third kappa shape index (κ3) is 6.35. The predicted octanol–water partition coefficient (Wildman–Crippen LogP) is 10.6. The summed E-state index contributed by atoms with van der Waals surface area (Å²) in [4.78, 5) is 0. The molecule has 4 rings (SSSR count). The van der Waals surface area contributed by atoms with Gasteiger partial charge in [0.2, 0.25) is 0 Å². The van der Waals surface area contributed by atoms with Gasteiger partial charge in [0, 0.05) is 11.3 Å². The topological polar surface area (TPSA) is 0 Å². The predicted molar refractivity (Wildman–Crippen MR) is 149 cm³/mol. The smallest absolute Gasteiger partial charge is 0.0300 e. The van der Waals surface area contributed by atoms with Crippen LogP contribution in [0.5, 0.6) is 0 Å². The molecule has 0 N–H and O–H groups in total. The van der Waals surface area contributed by atoms with Crippen LogP contribution in [-0.2, 0) is 0 Å². The summed E-state index contributed by atoms with van der Waals surface area (Å²) in [6, 6.07) is 11.1. The molecule has 0 saturated heterocycles. The lowest BCUT2D eigenvalue weighted by Crippen LogP contribution is -2.34. The van der Waals surface area contributed by atoms with Gasteiger partial charge in [-0.1, -0.05) is 144 Å². The molecule has 0 spiro atoms. The molecule has 1 unspecified atom stereocenters. The van der Waals surface area contributed by atoms with Gasteiger partial charge in [-0.25, -0.2) is 0 Å². The Morgan fingerprint density at radius 3 is 2.09 bits per heavy atom. The summed E-state index contributed by atoms with van der Waals surface area (Å²) in [6.45, 7) is 4.66. The van der Waals surface area contributed by atoms with Gasteiger partial charge in [-0.15, -0.1) is 0 Å². The number of hydrogen-bond acceptors (Lipinski definition) is 0. The summed E-state index contributed by atoms with van der Waals surface area (Å²) in [6.07, 6.45) is 34.2. The van der Waals surface area contributed by atoms with Crippen molar-refractivity contribution >= 4 is 0 Å². The monoisotopic (exact) mass is 458 g/mol. The quantitative estimate of drug-likeness (QED) is 0.228. The molecule has 0 radical (unpaired) electrons. The van der Waals surface area contributed by atoms with E-state index >= 15 is 0 Å². The van der Waals surface area contributed by atoms with E-state index in [1.807, 2.05) is 0 Å². The minimum atomic E-state index is 0.189. The zero-order valence-corrected chi connectivity index (χ0v) is 22.2. The highest BCUT2D eigenvalue weighted by atomic mass is 14.5. The van der Waals surface area contributed by atoms with Crippen LogP contribution >= 0.6 is 0 Å². The molecule has 0 heteroatoms. The van der Waals surface area contributed by atoms with E-state index in [0.717, 1.165) is 17.8 Å². The van der Waals surface area contributed by atoms with E-state index in [4.69, 9.17) is 0 Å². The van der Waals surface area contributed by atoms with Crippen molar-refractivity contribution in [3.63, 3.8) is 0 Å². The maximum atomic E-state index is 2.69. The normalized spacial score (nSPS) is 31.4. The Bertz CT molecular complexity index is 788. The van der Waals surface area contributed by atoms with Crippen LogP contribution in [0.1, 0.15) is 122 Å². The van der Waals surface area contributed by atoms with E-state index in [0.29, 0.717) is 5.92 Å². The molecule has 0 nitrogen and oxygen atoms in total. The van der Waals surface area contributed by atoms with E-state index in [2.05, 4.69) is 74.6 Å². The molecular formula is C34H50. The summed E-state index contributed by atoms with van der Waals surface area (Å²) in [5.41, 5.74) is 3.37. The van der Waals surface area contributed by atoms with Crippen LogP contribution in [0, 0.1) is 23.2 Å². The van der Waals surface area contributed by atoms with Crippen LogP contribution in [0.3, 0.4) is 0 Å². The maximum Gasteiger partial charge on any atom is 0.0300 e. The lowest BCUT2D eigenvalue weighted by Gasteiger charge is -2.45. The molecule has 1 saturated carbocycles.